The van der Waals surface area contributed by atoms with Crippen LogP contribution in [0.3, 0.4) is 0 Å². The Morgan fingerprint density at radius 1 is 1.33 bits per heavy atom. The first-order valence-electron chi connectivity index (χ1n) is 4.50. The van der Waals surface area contributed by atoms with Crippen LogP contribution in [-0.4, -0.2) is 5.16 Å². The zero-order chi connectivity index (χ0) is 10.8. The number of hydrogen-bond acceptors (Lipinski definition) is 2. The number of alkyl halides is 1. The Labute approximate surface area is 97.8 Å². The number of aryl methyl sites for hydroxylation is 1. The Balaban J connectivity index is 2.59. The molecule has 15 heavy (non-hydrogen) atoms. The molecular formula is C11H9Cl2NO. The molecule has 0 saturated carbocycles. The lowest BCUT2D eigenvalue weighted by Gasteiger charge is -2.02. The maximum Gasteiger partial charge on any atom is 0.231 e. The normalized spacial score (nSPS) is 10.6. The van der Waals surface area contributed by atoms with E-state index < -0.39 is 0 Å². The first-order chi connectivity index (χ1) is 7.24. The first kappa shape index (κ1) is 10.5. The van der Waals surface area contributed by atoms with Gasteiger partial charge in [0.05, 0.1) is 11.4 Å². The van der Waals surface area contributed by atoms with Crippen molar-refractivity contribution in [3.05, 3.63) is 40.6 Å². The summed E-state index contributed by atoms with van der Waals surface area (Å²) in [6.07, 6.45) is 0. The third-order valence-electron chi connectivity index (χ3n) is 2.27. The summed E-state index contributed by atoms with van der Waals surface area (Å²) in [4.78, 5) is 0. The molecular weight excluding hydrogens is 233 g/mol. The molecule has 0 atom stereocenters. The van der Waals surface area contributed by atoms with E-state index in [1.807, 2.05) is 31.2 Å². The monoisotopic (exact) mass is 241 g/mol. The van der Waals surface area contributed by atoms with Crippen molar-refractivity contribution in [2.75, 3.05) is 0 Å². The molecule has 0 saturated heterocycles. The van der Waals surface area contributed by atoms with Gasteiger partial charge in [-0.25, -0.2) is 0 Å². The van der Waals surface area contributed by atoms with Gasteiger partial charge in [0.15, 0.2) is 0 Å². The summed E-state index contributed by atoms with van der Waals surface area (Å²) in [5, 5.41) is 4.19. The Kier molecular flexibility index (Phi) is 2.98. The van der Waals surface area contributed by atoms with Gasteiger partial charge in [0.25, 0.3) is 0 Å². The predicted molar refractivity (Wildman–Crippen MR) is 61.2 cm³/mol. The van der Waals surface area contributed by atoms with Crippen LogP contribution in [0.5, 0.6) is 0 Å². The van der Waals surface area contributed by atoms with E-state index in [0.717, 1.165) is 22.4 Å². The van der Waals surface area contributed by atoms with Crippen LogP contribution in [0, 0.1) is 6.92 Å². The molecule has 1 aromatic heterocycles. The molecule has 0 aliphatic heterocycles. The molecule has 4 heteroatoms. The minimum Gasteiger partial charge on any atom is -0.343 e. The van der Waals surface area contributed by atoms with E-state index in [-0.39, 0.29) is 5.22 Å². The van der Waals surface area contributed by atoms with E-state index in [1.165, 1.54) is 0 Å². The van der Waals surface area contributed by atoms with Gasteiger partial charge in [-0.1, -0.05) is 29.4 Å². The second-order valence-corrected chi connectivity index (χ2v) is 3.84. The highest BCUT2D eigenvalue weighted by Gasteiger charge is 2.15. The number of rotatable bonds is 2. The van der Waals surface area contributed by atoms with Crippen LogP contribution < -0.4 is 0 Å². The molecule has 2 aromatic rings. The number of halogens is 2. The van der Waals surface area contributed by atoms with Gasteiger partial charge in [-0.15, -0.1) is 11.6 Å². The number of benzene rings is 1. The second-order valence-electron chi connectivity index (χ2n) is 3.23. The number of nitrogens with zero attached hydrogens (tertiary/aromatic N) is 1. The van der Waals surface area contributed by atoms with E-state index >= 15 is 0 Å². The molecule has 0 fully saturated rings. The molecule has 2 nitrogen and oxygen atoms in total. The number of aromatic nitrogens is 1. The topological polar surface area (TPSA) is 26.0 Å². The van der Waals surface area contributed by atoms with Gasteiger partial charge in [-0.05, 0) is 24.1 Å². The predicted octanol–water partition coefficient (Wildman–Crippen LogP) is 4.04. The summed E-state index contributed by atoms with van der Waals surface area (Å²) in [6, 6.07) is 7.90. The summed E-state index contributed by atoms with van der Waals surface area (Å²) in [5.74, 6) is 0.298. The van der Waals surface area contributed by atoms with E-state index in [2.05, 4.69) is 5.16 Å². The maximum absolute atomic E-state index is 5.83. The standard InChI is InChI=1S/C11H9Cl2NO/c1-7-4-2-3-5-8(7)10-9(6-12)11(13)15-14-10/h2-5H,6H2,1H3. The van der Waals surface area contributed by atoms with Crippen LogP contribution in [0.25, 0.3) is 11.3 Å². The molecule has 1 heterocycles. The van der Waals surface area contributed by atoms with E-state index in [1.54, 1.807) is 0 Å². The van der Waals surface area contributed by atoms with Crippen molar-refractivity contribution < 1.29 is 4.52 Å². The van der Waals surface area contributed by atoms with Crippen LogP contribution in [0.1, 0.15) is 11.1 Å². The zero-order valence-electron chi connectivity index (χ0n) is 8.13. The molecule has 0 spiro atoms. The molecule has 2 rings (SSSR count). The molecule has 0 aliphatic carbocycles. The summed E-state index contributed by atoms with van der Waals surface area (Å²) < 4.78 is 4.93. The zero-order valence-corrected chi connectivity index (χ0v) is 9.64. The molecule has 78 valence electrons. The lowest BCUT2D eigenvalue weighted by molar-refractivity contribution is 0.423. The highest BCUT2D eigenvalue weighted by atomic mass is 35.5. The lowest BCUT2D eigenvalue weighted by atomic mass is 10.0. The third-order valence-corrected chi connectivity index (χ3v) is 2.84. The van der Waals surface area contributed by atoms with Crippen molar-refractivity contribution in [3.63, 3.8) is 0 Å². The highest BCUT2D eigenvalue weighted by Crippen LogP contribution is 2.31. The van der Waals surface area contributed by atoms with Crippen molar-refractivity contribution >= 4 is 23.2 Å². The molecule has 0 aliphatic rings. The molecule has 0 amide bonds. The summed E-state index contributed by atoms with van der Waals surface area (Å²) >= 11 is 11.6. The van der Waals surface area contributed by atoms with Crippen LogP contribution in [0.15, 0.2) is 28.8 Å². The average Bonchev–Trinajstić information content (AvgIpc) is 2.60. The Bertz CT molecular complexity index is 479. The van der Waals surface area contributed by atoms with Gasteiger partial charge in [0.2, 0.25) is 5.22 Å². The summed E-state index contributed by atoms with van der Waals surface area (Å²) in [5.41, 5.74) is 3.60. The van der Waals surface area contributed by atoms with Crippen molar-refractivity contribution in [3.8, 4) is 11.3 Å². The van der Waals surface area contributed by atoms with Crippen LogP contribution in [-0.2, 0) is 5.88 Å². The second kappa shape index (κ2) is 4.25. The minimum atomic E-state index is 0.267. The van der Waals surface area contributed by atoms with Crippen molar-refractivity contribution in [1.29, 1.82) is 0 Å². The van der Waals surface area contributed by atoms with Gasteiger partial charge < -0.3 is 4.52 Å². The third kappa shape index (κ3) is 1.87. The molecule has 0 unspecified atom stereocenters. The average molecular weight is 242 g/mol. The van der Waals surface area contributed by atoms with Crippen molar-refractivity contribution in [2.45, 2.75) is 12.8 Å². The fourth-order valence-electron chi connectivity index (χ4n) is 1.46. The van der Waals surface area contributed by atoms with Crippen LogP contribution in [0.4, 0.5) is 0 Å². The minimum absolute atomic E-state index is 0.267. The smallest absolute Gasteiger partial charge is 0.231 e. The molecule has 0 bridgehead atoms. The largest absolute Gasteiger partial charge is 0.343 e. The van der Waals surface area contributed by atoms with Gasteiger partial charge >= 0.3 is 0 Å². The van der Waals surface area contributed by atoms with E-state index in [4.69, 9.17) is 27.7 Å². The van der Waals surface area contributed by atoms with Crippen molar-refractivity contribution in [2.24, 2.45) is 0 Å². The number of hydrogen-bond donors (Lipinski definition) is 0. The first-order valence-corrected chi connectivity index (χ1v) is 5.41. The van der Waals surface area contributed by atoms with Gasteiger partial charge in [-0.3, -0.25) is 0 Å². The quantitative estimate of drug-likeness (QED) is 0.742. The summed E-state index contributed by atoms with van der Waals surface area (Å²) in [7, 11) is 0. The lowest BCUT2D eigenvalue weighted by Crippen LogP contribution is -1.86. The molecule has 1 aromatic carbocycles. The van der Waals surface area contributed by atoms with E-state index in [9.17, 15) is 0 Å². The Hall–Kier alpha value is -0.990. The summed E-state index contributed by atoms with van der Waals surface area (Å²) in [6.45, 7) is 2.01. The van der Waals surface area contributed by atoms with Crippen molar-refractivity contribution in [1.82, 2.24) is 5.16 Å². The molecule has 0 radical (unpaired) electrons. The van der Waals surface area contributed by atoms with Crippen LogP contribution >= 0.6 is 23.2 Å². The van der Waals surface area contributed by atoms with Gasteiger partial charge in [-0.2, -0.15) is 0 Å². The fraction of sp³-hybridized carbons (Fsp3) is 0.182. The highest BCUT2D eigenvalue weighted by molar-refractivity contribution is 6.31. The maximum atomic E-state index is 5.83. The van der Waals surface area contributed by atoms with Gasteiger partial charge in [0, 0.05) is 5.56 Å². The SMILES string of the molecule is Cc1ccccc1-c1noc(Cl)c1CCl. The Morgan fingerprint density at radius 2 is 2.07 bits per heavy atom. The molecule has 0 N–H and O–H groups in total. The van der Waals surface area contributed by atoms with E-state index in [0.29, 0.717) is 5.88 Å². The Morgan fingerprint density at radius 3 is 2.73 bits per heavy atom. The van der Waals surface area contributed by atoms with Crippen LogP contribution in [0.2, 0.25) is 5.22 Å². The fourth-order valence-corrected chi connectivity index (χ4v) is 1.96. The van der Waals surface area contributed by atoms with Gasteiger partial charge in [0.1, 0.15) is 5.69 Å².